The van der Waals surface area contributed by atoms with Gasteiger partial charge in [0, 0.05) is 29.9 Å². The van der Waals surface area contributed by atoms with E-state index in [0.29, 0.717) is 6.54 Å². The second kappa shape index (κ2) is 5.46. The molecule has 1 aromatic heterocycles. The van der Waals surface area contributed by atoms with Gasteiger partial charge >= 0.3 is 0 Å². The zero-order valence-electron chi connectivity index (χ0n) is 9.98. The first-order valence-electron chi connectivity index (χ1n) is 5.76. The van der Waals surface area contributed by atoms with Crippen molar-refractivity contribution in [2.24, 2.45) is 5.73 Å². The van der Waals surface area contributed by atoms with Gasteiger partial charge in [-0.05, 0) is 19.1 Å². The minimum absolute atomic E-state index is 0.581. The molecule has 1 heterocycles. The highest BCUT2D eigenvalue weighted by Crippen LogP contribution is 2.22. The van der Waals surface area contributed by atoms with Crippen LogP contribution in [0.3, 0.4) is 0 Å². The number of anilines is 1. The Morgan fingerprint density at radius 2 is 2.12 bits per heavy atom. The van der Waals surface area contributed by atoms with E-state index in [2.05, 4.69) is 22.4 Å². The van der Waals surface area contributed by atoms with E-state index < -0.39 is 0 Å². The Hall–Kier alpha value is -1.87. The minimum Gasteiger partial charge on any atom is -0.381 e. The summed E-state index contributed by atoms with van der Waals surface area (Å²) in [6.45, 7) is 3.37. The van der Waals surface area contributed by atoms with Gasteiger partial charge in [0.25, 0.3) is 0 Å². The number of benzene rings is 1. The van der Waals surface area contributed by atoms with Gasteiger partial charge in [-0.2, -0.15) is 0 Å². The quantitative estimate of drug-likeness (QED) is 0.789. The first-order valence-corrected chi connectivity index (χ1v) is 5.76. The Bertz CT molecular complexity index is 532. The zero-order valence-corrected chi connectivity index (χ0v) is 9.98. The number of nitrogens with one attached hydrogen (secondary N) is 1. The molecular weight excluding hydrogens is 210 g/mol. The lowest BCUT2D eigenvalue weighted by Gasteiger charge is -2.08. The molecule has 0 saturated carbocycles. The number of nitrogens with zero attached hydrogens (tertiary/aromatic N) is 1. The van der Waals surface area contributed by atoms with E-state index in [1.165, 1.54) is 0 Å². The fourth-order valence-corrected chi connectivity index (χ4v) is 1.80. The normalized spacial score (nSPS) is 11.2. The molecule has 2 rings (SSSR count). The molecule has 0 unspecified atom stereocenters. The Kier molecular flexibility index (Phi) is 3.73. The molecule has 0 aliphatic heterocycles. The molecule has 0 radical (unpaired) electrons. The van der Waals surface area contributed by atoms with Gasteiger partial charge in [0.15, 0.2) is 0 Å². The Labute approximate surface area is 101 Å². The molecule has 17 heavy (non-hydrogen) atoms. The summed E-state index contributed by atoms with van der Waals surface area (Å²) in [5, 5.41) is 4.53. The van der Waals surface area contributed by atoms with Crippen LogP contribution in [0, 0.1) is 6.92 Å². The van der Waals surface area contributed by atoms with Crippen LogP contribution in [-0.4, -0.2) is 18.1 Å². The third-order valence-corrected chi connectivity index (χ3v) is 2.56. The highest BCUT2D eigenvalue weighted by atomic mass is 14.9. The maximum Gasteiger partial charge on any atom is 0.0725 e. The van der Waals surface area contributed by atoms with Gasteiger partial charge in [-0.1, -0.05) is 30.4 Å². The van der Waals surface area contributed by atoms with Crippen LogP contribution in [0.1, 0.15) is 5.69 Å². The Balaban J connectivity index is 2.29. The third kappa shape index (κ3) is 2.82. The van der Waals surface area contributed by atoms with Gasteiger partial charge in [0.2, 0.25) is 0 Å². The third-order valence-electron chi connectivity index (χ3n) is 2.56. The van der Waals surface area contributed by atoms with Crippen LogP contribution in [0.2, 0.25) is 0 Å². The number of para-hydroxylation sites is 1. The maximum atomic E-state index is 5.40. The summed E-state index contributed by atoms with van der Waals surface area (Å²) in [5.74, 6) is 0. The number of aryl methyl sites for hydroxylation is 1. The molecule has 2 aromatic rings. The number of rotatable bonds is 4. The molecule has 0 aliphatic rings. The van der Waals surface area contributed by atoms with Crippen molar-refractivity contribution in [3.8, 4) is 0 Å². The monoisotopic (exact) mass is 227 g/mol. The van der Waals surface area contributed by atoms with E-state index in [0.717, 1.165) is 28.8 Å². The first kappa shape index (κ1) is 11.6. The van der Waals surface area contributed by atoms with Crippen LogP contribution in [-0.2, 0) is 0 Å². The van der Waals surface area contributed by atoms with Crippen molar-refractivity contribution >= 4 is 16.6 Å². The van der Waals surface area contributed by atoms with Gasteiger partial charge in [-0.3, -0.25) is 4.98 Å². The number of fused-ring (bicyclic) bond motifs is 1. The molecule has 1 aromatic carbocycles. The number of hydrogen-bond acceptors (Lipinski definition) is 3. The van der Waals surface area contributed by atoms with Crippen molar-refractivity contribution < 1.29 is 0 Å². The highest BCUT2D eigenvalue weighted by molar-refractivity contribution is 5.91. The molecule has 3 heteroatoms. The SMILES string of the molecule is Cc1cc(NC/C=C/CN)c2ccccc2n1. The van der Waals surface area contributed by atoms with E-state index >= 15 is 0 Å². The number of hydrogen-bond donors (Lipinski definition) is 2. The average molecular weight is 227 g/mol. The summed E-state index contributed by atoms with van der Waals surface area (Å²) in [6, 6.07) is 10.2. The maximum absolute atomic E-state index is 5.40. The lowest BCUT2D eigenvalue weighted by Crippen LogP contribution is -2.01. The van der Waals surface area contributed by atoms with E-state index in [-0.39, 0.29) is 0 Å². The van der Waals surface area contributed by atoms with Crippen LogP contribution >= 0.6 is 0 Å². The van der Waals surface area contributed by atoms with Gasteiger partial charge in [-0.25, -0.2) is 0 Å². The lowest BCUT2D eigenvalue weighted by atomic mass is 10.1. The van der Waals surface area contributed by atoms with Crippen LogP contribution in [0.4, 0.5) is 5.69 Å². The summed E-state index contributed by atoms with van der Waals surface area (Å²) >= 11 is 0. The standard InChI is InChI=1S/C14H17N3/c1-11-10-14(16-9-5-4-8-15)12-6-2-3-7-13(12)17-11/h2-7,10H,8-9,15H2,1H3,(H,16,17)/b5-4+. The summed E-state index contributed by atoms with van der Waals surface area (Å²) < 4.78 is 0. The minimum atomic E-state index is 0.581. The summed E-state index contributed by atoms with van der Waals surface area (Å²) in [7, 11) is 0. The summed E-state index contributed by atoms with van der Waals surface area (Å²) in [4.78, 5) is 4.50. The zero-order chi connectivity index (χ0) is 12.1. The van der Waals surface area contributed by atoms with Crippen molar-refractivity contribution in [3.05, 3.63) is 48.2 Å². The molecule has 88 valence electrons. The largest absolute Gasteiger partial charge is 0.381 e. The topological polar surface area (TPSA) is 50.9 Å². The molecule has 0 amide bonds. The van der Waals surface area contributed by atoms with Crippen molar-refractivity contribution in [2.45, 2.75) is 6.92 Å². The van der Waals surface area contributed by atoms with E-state index in [4.69, 9.17) is 5.73 Å². The predicted molar refractivity (Wildman–Crippen MR) is 73.2 cm³/mol. The van der Waals surface area contributed by atoms with E-state index in [9.17, 15) is 0 Å². The molecule has 0 atom stereocenters. The lowest BCUT2D eigenvalue weighted by molar-refractivity contribution is 1.21. The van der Waals surface area contributed by atoms with Gasteiger partial charge in [0.05, 0.1) is 5.52 Å². The molecule has 3 nitrogen and oxygen atoms in total. The van der Waals surface area contributed by atoms with E-state index in [1.807, 2.05) is 37.3 Å². The second-order valence-corrected chi connectivity index (χ2v) is 3.92. The molecule has 0 saturated heterocycles. The van der Waals surface area contributed by atoms with Crippen LogP contribution in [0.25, 0.3) is 10.9 Å². The first-order chi connectivity index (χ1) is 8.31. The predicted octanol–water partition coefficient (Wildman–Crippen LogP) is 2.47. The van der Waals surface area contributed by atoms with Gasteiger partial charge < -0.3 is 11.1 Å². The molecule has 0 spiro atoms. The van der Waals surface area contributed by atoms with Crippen molar-refractivity contribution in [1.82, 2.24) is 4.98 Å². The van der Waals surface area contributed by atoms with Crippen molar-refractivity contribution in [2.75, 3.05) is 18.4 Å². The van der Waals surface area contributed by atoms with Crippen LogP contribution < -0.4 is 11.1 Å². The highest BCUT2D eigenvalue weighted by Gasteiger charge is 2.01. The smallest absolute Gasteiger partial charge is 0.0725 e. The number of nitrogens with two attached hydrogens (primary N) is 1. The van der Waals surface area contributed by atoms with E-state index in [1.54, 1.807) is 0 Å². The molecule has 3 N–H and O–H groups in total. The molecule has 0 fully saturated rings. The number of pyridine rings is 1. The van der Waals surface area contributed by atoms with Crippen LogP contribution in [0.15, 0.2) is 42.5 Å². The van der Waals surface area contributed by atoms with Crippen LogP contribution in [0.5, 0.6) is 0 Å². The molecular formula is C14H17N3. The van der Waals surface area contributed by atoms with Gasteiger partial charge in [0.1, 0.15) is 0 Å². The summed E-state index contributed by atoms with van der Waals surface area (Å²) in [6.07, 6.45) is 3.98. The molecule has 0 aliphatic carbocycles. The molecule has 0 bridgehead atoms. The van der Waals surface area contributed by atoms with Crippen molar-refractivity contribution in [3.63, 3.8) is 0 Å². The Morgan fingerprint density at radius 3 is 2.94 bits per heavy atom. The Morgan fingerprint density at radius 1 is 1.29 bits per heavy atom. The van der Waals surface area contributed by atoms with Crippen molar-refractivity contribution in [1.29, 1.82) is 0 Å². The van der Waals surface area contributed by atoms with Gasteiger partial charge in [-0.15, -0.1) is 0 Å². The fraction of sp³-hybridized carbons (Fsp3) is 0.214. The fourth-order valence-electron chi connectivity index (χ4n) is 1.80. The summed E-state index contributed by atoms with van der Waals surface area (Å²) in [5.41, 5.74) is 8.57. The average Bonchev–Trinajstić information content (AvgIpc) is 2.34. The second-order valence-electron chi connectivity index (χ2n) is 3.92. The number of aromatic nitrogens is 1.